The first-order valence-corrected chi connectivity index (χ1v) is 6.73. The van der Waals surface area contributed by atoms with Crippen molar-refractivity contribution in [2.24, 2.45) is 0 Å². The zero-order valence-electron chi connectivity index (χ0n) is 11.7. The molecule has 0 aliphatic heterocycles. The van der Waals surface area contributed by atoms with E-state index >= 15 is 0 Å². The third kappa shape index (κ3) is 3.20. The second kappa shape index (κ2) is 6.57. The van der Waals surface area contributed by atoms with Crippen LogP contribution in [0.3, 0.4) is 0 Å². The number of rotatable bonds is 5. The summed E-state index contributed by atoms with van der Waals surface area (Å²) in [6.45, 7) is 4.62. The molecule has 0 fully saturated rings. The van der Waals surface area contributed by atoms with Gasteiger partial charge in [0, 0.05) is 6.20 Å². The molecule has 106 valence electrons. The van der Waals surface area contributed by atoms with E-state index in [9.17, 15) is 8.78 Å². The van der Waals surface area contributed by atoms with E-state index in [0.717, 1.165) is 17.5 Å². The Hall–Kier alpha value is -1.81. The molecule has 1 unspecified atom stereocenters. The third-order valence-electron chi connectivity index (χ3n) is 3.21. The van der Waals surface area contributed by atoms with Crippen LogP contribution in [-0.4, -0.2) is 11.5 Å². The highest BCUT2D eigenvalue weighted by molar-refractivity contribution is 5.35. The van der Waals surface area contributed by atoms with Crippen LogP contribution in [0.1, 0.15) is 36.2 Å². The van der Waals surface area contributed by atoms with E-state index in [0.29, 0.717) is 12.2 Å². The van der Waals surface area contributed by atoms with Gasteiger partial charge in [-0.05, 0) is 55.3 Å². The molecule has 2 aromatic rings. The average molecular weight is 276 g/mol. The van der Waals surface area contributed by atoms with Crippen LogP contribution in [0.2, 0.25) is 0 Å². The maximum absolute atomic E-state index is 14.0. The quantitative estimate of drug-likeness (QED) is 0.899. The third-order valence-corrected chi connectivity index (χ3v) is 3.21. The smallest absolute Gasteiger partial charge is 0.146 e. The molecule has 0 radical (unpaired) electrons. The van der Waals surface area contributed by atoms with Gasteiger partial charge in [-0.3, -0.25) is 4.98 Å². The standard InChI is InChI=1S/C16H18F2N2/c1-3-8-19-15(16-14(18)5-4-9-20-16)13-10-12(17)7-6-11(13)2/h4-7,9-10,15,19H,3,8H2,1-2H3. The highest BCUT2D eigenvalue weighted by Gasteiger charge is 2.20. The molecule has 1 aromatic carbocycles. The van der Waals surface area contributed by atoms with Crippen LogP contribution in [0.15, 0.2) is 36.5 Å². The minimum Gasteiger partial charge on any atom is -0.305 e. The number of nitrogens with zero attached hydrogens (tertiary/aromatic N) is 1. The molecular formula is C16H18F2N2. The zero-order chi connectivity index (χ0) is 14.5. The maximum atomic E-state index is 14.0. The van der Waals surface area contributed by atoms with Gasteiger partial charge in [-0.1, -0.05) is 13.0 Å². The van der Waals surface area contributed by atoms with Crippen molar-refractivity contribution < 1.29 is 8.78 Å². The molecule has 4 heteroatoms. The summed E-state index contributed by atoms with van der Waals surface area (Å²) in [6.07, 6.45) is 2.45. The Labute approximate surface area is 117 Å². The van der Waals surface area contributed by atoms with Crippen LogP contribution < -0.4 is 5.32 Å². The molecule has 1 heterocycles. The first-order chi connectivity index (χ1) is 9.63. The summed E-state index contributed by atoms with van der Waals surface area (Å²) >= 11 is 0. The lowest BCUT2D eigenvalue weighted by Gasteiger charge is -2.21. The summed E-state index contributed by atoms with van der Waals surface area (Å²) in [6, 6.07) is 7.03. The van der Waals surface area contributed by atoms with Gasteiger partial charge in [0.2, 0.25) is 0 Å². The Morgan fingerprint density at radius 2 is 2.05 bits per heavy atom. The van der Waals surface area contributed by atoms with Crippen molar-refractivity contribution in [1.29, 1.82) is 0 Å². The predicted octanol–water partition coefficient (Wildman–Crippen LogP) is 3.76. The predicted molar refractivity (Wildman–Crippen MR) is 75.5 cm³/mol. The molecule has 0 amide bonds. The van der Waals surface area contributed by atoms with E-state index in [1.165, 1.54) is 18.2 Å². The van der Waals surface area contributed by atoms with Crippen molar-refractivity contribution in [3.05, 3.63) is 65.0 Å². The van der Waals surface area contributed by atoms with Gasteiger partial charge in [0.15, 0.2) is 0 Å². The van der Waals surface area contributed by atoms with Crippen LogP contribution in [0.25, 0.3) is 0 Å². The average Bonchev–Trinajstić information content (AvgIpc) is 2.44. The number of aromatic nitrogens is 1. The first-order valence-electron chi connectivity index (χ1n) is 6.73. The van der Waals surface area contributed by atoms with Crippen molar-refractivity contribution >= 4 is 0 Å². The Balaban J connectivity index is 2.47. The van der Waals surface area contributed by atoms with E-state index in [1.807, 2.05) is 13.8 Å². The Morgan fingerprint density at radius 1 is 1.25 bits per heavy atom. The van der Waals surface area contributed by atoms with Gasteiger partial charge in [0.1, 0.15) is 11.6 Å². The number of pyridine rings is 1. The fraction of sp³-hybridized carbons (Fsp3) is 0.312. The molecule has 1 N–H and O–H groups in total. The lowest BCUT2D eigenvalue weighted by atomic mass is 9.97. The molecule has 2 rings (SSSR count). The lowest BCUT2D eigenvalue weighted by molar-refractivity contribution is 0.526. The summed E-state index contributed by atoms with van der Waals surface area (Å²) in [7, 11) is 0. The fourth-order valence-electron chi connectivity index (χ4n) is 2.18. The molecule has 20 heavy (non-hydrogen) atoms. The minimum absolute atomic E-state index is 0.301. The van der Waals surface area contributed by atoms with Crippen molar-refractivity contribution in [1.82, 2.24) is 10.3 Å². The monoisotopic (exact) mass is 276 g/mol. The van der Waals surface area contributed by atoms with Crippen molar-refractivity contribution in [2.45, 2.75) is 26.3 Å². The SMILES string of the molecule is CCCNC(c1cc(F)ccc1C)c1ncccc1F. The number of benzene rings is 1. The van der Waals surface area contributed by atoms with E-state index in [1.54, 1.807) is 18.3 Å². The molecule has 1 atom stereocenters. The van der Waals surface area contributed by atoms with Crippen molar-refractivity contribution in [3.63, 3.8) is 0 Å². The number of nitrogens with one attached hydrogen (secondary N) is 1. The summed E-state index contributed by atoms with van der Waals surface area (Å²) in [5.74, 6) is -0.713. The van der Waals surface area contributed by atoms with E-state index in [2.05, 4.69) is 10.3 Å². The highest BCUT2D eigenvalue weighted by atomic mass is 19.1. The highest BCUT2D eigenvalue weighted by Crippen LogP contribution is 2.26. The minimum atomic E-state index is -0.438. The van der Waals surface area contributed by atoms with Gasteiger partial charge in [0.25, 0.3) is 0 Å². The number of hydrogen-bond donors (Lipinski definition) is 1. The van der Waals surface area contributed by atoms with Gasteiger partial charge in [0.05, 0.1) is 11.7 Å². The van der Waals surface area contributed by atoms with E-state index < -0.39 is 6.04 Å². The van der Waals surface area contributed by atoms with Gasteiger partial charge < -0.3 is 5.32 Å². The summed E-state index contributed by atoms with van der Waals surface area (Å²) in [4.78, 5) is 4.12. The lowest BCUT2D eigenvalue weighted by Crippen LogP contribution is -2.26. The molecule has 0 saturated heterocycles. The largest absolute Gasteiger partial charge is 0.305 e. The van der Waals surface area contributed by atoms with E-state index in [4.69, 9.17) is 0 Å². The van der Waals surface area contributed by atoms with Gasteiger partial charge >= 0.3 is 0 Å². The fourth-order valence-corrected chi connectivity index (χ4v) is 2.18. The van der Waals surface area contributed by atoms with Crippen LogP contribution in [0.5, 0.6) is 0 Å². The molecule has 1 aromatic heterocycles. The summed E-state index contributed by atoms with van der Waals surface area (Å²) in [5, 5.41) is 3.24. The number of hydrogen-bond acceptors (Lipinski definition) is 2. The Morgan fingerprint density at radius 3 is 2.75 bits per heavy atom. The topological polar surface area (TPSA) is 24.9 Å². The molecule has 0 aliphatic carbocycles. The normalized spacial score (nSPS) is 12.4. The first kappa shape index (κ1) is 14.6. The van der Waals surface area contributed by atoms with Crippen LogP contribution in [0, 0.1) is 18.6 Å². The second-order valence-electron chi connectivity index (χ2n) is 4.76. The van der Waals surface area contributed by atoms with Crippen LogP contribution in [-0.2, 0) is 0 Å². The molecule has 0 saturated carbocycles. The van der Waals surface area contributed by atoms with Crippen molar-refractivity contribution in [3.8, 4) is 0 Å². The second-order valence-corrected chi connectivity index (χ2v) is 4.76. The molecular weight excluding hydrogens is 258 g/mol. The molecule has 2 nitrogen and oxygen atoms in total. The molecule has 0 aliphatic rings. The summed E-state index contributed by atoms with van der Waals surface area (Å²) in [5.41, 5.74) is 1.93. The zero-order valence-corrected chi connectivity index (χ0v) is 11.7. The maximum Gasteiger partial charge on any atom is 0.146 e. The molecule has 0 spiro atoms. The number of halogens is 2. The van der Waals surface area contributed by atoms with Gasteiger partial charge in [-0.15, -0.1) is 0 Å². The van der Waals surface area contributed by atoms with Crippen LogP contribution >= 0.6 is 0 Å². The van der Waals surface area contributed by atoms with E-state index in [-0.39, 0.29) is 11.6 Å². The Bertz CT molecular complexity index is 584. The van der Waals surface area contributed by atoms with Crippen LogP contribution in [0.4, 0.5) is 8.78 Å². The van der Waals surface area contributed by atoms with Gasteiger partial charge in [-0.2, -0.15) is 0 Å². The van der Waals surface area contributed by atoms with Gasteiger partial charge in [-0.25, -0.2) is 8.78 Å². The molecule has 0 bridgehead atoms. The summed E-state index contributed by atoms with van der Waals surface area (Å²) < 4.78 is 27.5. The Kier molecular flexibility index (Phi) is 4.79. The van der Waals surface area contributed by atoms with Crippen molar-refractivity contribution in [2.75, 3.05) is 6.54 Å². The number of aryl methyl sites for hydroxylation is 1.